The molecule has 4 nitrogen and oxygen atoms in total. The van der Waals surface area contributed by atoms with E-state index in [0.717, 1.165) is 5.56 Å². The molecule has 86 valence electrons. The number of nitrogens with two attached hydrogens (primary N) is 1. The first-order valence-electron chi connectivity index (χ1n) is 5.05. The Hall–Kier alpha value is -1.81. The van der Waals surface area contributed by atoms with Crippen molar-refractivity contribution in [2.45, 2.75) is 12.5 Å². The summed E-state index contributed by atoms with van der Waals surface area (Å²) in [6.07, 6.45) is 2.05. The molecule has 0 unspecified atom stereocenters. The van der Waals surface area contributed by atoms with Gasteiger partial charge in [-0.25, -0.2) is 0 Å². The summed E-state index contributed by atoms with van der Waals surface area (Å²) < 4.78 is 0. The van der Waals surface area contributed by atoms with Crippen LogP contribution in [0.1, 0.15) is 5.56 Å². The van der Waals surface area contributed by atoms with Gasteiger partial charge in [0, 0.05) is 6.54 Å². The van der Waals surface area contributed by atoms with Gasteiger partial charge in [-0.05, 0) is 24.1 Å². The lowest BCUT2D eigenvalue weighted by atomic mass is 10.1. The molecule has 4 N–H and O–H groups in total. The fourth-order valence-corrected chi connectivity index (χ4v) is 1.28. The molecule has 1 rings (SSSR count). The fraction of sp³-hybridized carbons (Fsp3) is 0.250. The molecule has 0 aromatic heterocycles. The predicted octanol–water partition coefficient (Wildman–Crippen LogP) is 0.564. The highest BCUT2D eigenvalue weighted by Gasteiger charge is 2.12. The number of amides is 1. The zero-order valence-electron chi connectivity index (χ0n) is 9.02. The highest BCUT2D eigenvalue weighted by molar-refractivity contribution is 5.81. The number of phenols is 1. The lowest BCUT2D eigenvalue weighted by molar-refractivity contribution is -0.122. The van der Waals surface area contributed by atoms with Gasteiger partial charge in [0.15, 0.2) is 0 Å². The van der Waals surface area contributed by atoms with Crippen molar-refractivity contribution in [2.75, 3.05) is 6.54 Å². The molecule has 0 aliphatic heterocycles. The Kier molecular flexibility index (Phi) is 4.54. The summed E-state index contributed by atoms with van der Waals surface area (Å²) in [6.45, 7) is 3.92. The molecule has 1 atom stereocenters. The molecule has 1 aromatic rings. The van der Waals surface area contributed by atoms with Crippen LogP contribution in [-0.4, -0.2) is 23.6 Å². The first-order valence-corrected chi connectivity index (χ1v) is 5.05. The smallest absolute Gasteiger partial charge is 0.237 e. The predicted molar refractivity (Wildman–Crippen MR) is 63.0 cm³/mol. The highest BCUT2D eigenvalue weighted by Crippen LogP contribution is 2.10. The monoisotopic (exact) mass is 220 g/mol. The molecule has 16 heavy (non-hydrogen) atoms. The molecular weight excluding hydrogens is 204 g/mol. The second kappa shape index (κ2) is 5.92. The van der Waals surface area contributed by atoms with Gasteiger partial charge in [0.05, 0.1) is 6.04 Å². The molecular formula is C12H16N2O2. The molecule has 4 heteroatoms. The van der Waals surface area contributed by atoms with Crippen molar-refractivity contribution in [3.63, 3.8) is 0 Å². The Morgan fingerprint density at radius 1 is 1.50 bits per heavy atom. The number of rotatable bonds is 5. The van der Waals surface area contributed by atoms with E-state index in [9.17, 15) is 4.79 Å². The molecule has 0 radical (unpaired) electrons. The second-order valence-corrected chi connectivity index (χ2v) is 3.51. The van der Waals surface area contributed by atoms with Crippen molar-refractivity contribution in [3.8, 4) is 5.75 Å². The van der Waals surface area contributed by atoms with E-state index in [-0.39, 0.29) is 11.7 Å². The summed E-state index contributed by atoms with van der Waals surface area (Å²) in [4.78, 5) is 11.4. The minimum Gasteiger partial charge on any atom is -0.508 e. The molecule has 0 saturated carbocycles. The SMILES string of the molecule is C=CCNC(=O)[C@@H](N)Cc1ccc(O)cc1. The van der Waals surface area contributed by atoms with Crippen LogP contribution in [0.2, 0.25) is 0 Å². The Bertz CT molecular complexity index is 360. The third kappa shape index (κ3) is 3.74. The van der Waals surface area contributed by atoms with Gasteiger partial charge >= 0.3 is 0 Å². The normalized spacial score (nSPS) is 11.8. The van der Waals surface area contributed by atoms with Gasteiger partial charge in [-0.3, -0.25) is 4.79 Å². The highest BCUT2D eigenvalue weighted by atomic mass is 16.3. The average molecular weight is 220 g/mol. The quantitative estimate of drug-likeness (QED) is 0.635. The van der Waals surface area contributed by atoms with Crippen LogP contribution in [0.25, 0.3) is 0 Å². The molecule has 1 aromatic carbocycles. The van der Waals surface area contributed by atoms with Crippen LogP contribution in [0.4, 0.5) is 0 Å². The summed E-state index contributed by atoms with van der Waals surface area (Å²) in [5.74, 6) is 0.00130. The minimum absolute atomic E-state index is 0.201. The van der Waals surface area contributed by atoms with Crippen LogP contribution >= 0.6 is 0 Å². The number of carbonyl (C=O) groups is 1. The summed E-state index contributed by atoms with van der Waals surface area (Å²) in [7, 11) is 0. The van der Waals surface area contributed by atoms with E-state index >= 15 is 0 Å². The maximum atomic E-state index is 11.4. The van der Waals surface area contributed by atoms with E-state index in [2.05, 4.69) is 11.9 Å². The average Bonchev–Trinajstić information content (AvgIpc) is 2.29. The van der Waals surface area contributed by atoms with Crippen molar-refractivity contribution in [1.29, 1.82) is 0 Å². The third-order valence-electron chi connectivity index (χ3n) is 2.15. The minimum atomic E-state index is -0.579. The van der Waals surface area contributed by atoms with Gasteiger partial charge in [-0.2, -0.15) is 0 Å². The number of phenolic OH excluding ortho intramolecular Hbond substituents is 1. The van der Waals surface area contributed by atoms with E-state index in [1.165, 1.54) is 0 Å². The van der Waals surface area contributed by atoms with E-state index in [1.807, 2.05) is 0 Å². The number of carbonyl (C=O) groups excluding carboxylic acids is 1. The van der Waals surface area contributed by atoms with Crippen LogP contribution in [0.5, 0.6) is 5.75 Å². The van der Waals surface area contributed by atoms with E-state index in [4.69, 9.17) is 10.8 Å². The van der Waals surface area contributed by atoms with Crippen LogP contribution in [0, 0.1) is 0 Å². The zero-order chi connectivity index (χ0) is 12.0. The van der Waals surface area contributed by atoms with Gasteiger partial charge in [-0.1, -0.05) is 18.2 Å². The van der Waals surface area contributed by atoms with Crippen LogP contribution < -0.4 is 11.1 Å². The van der Waals surface area contributed by atoms with Gasteiger partial charge < -0.3 is 16.2 Å². The first kappa shape index (κ1) is 12.3. The fourth-order valence-electron chi connectivity index (χ4n) is 1.28. The lowest BCUT2D eigenvalue weighted by Crippen LogP contribution is -2.42. The summed E-state index contributed by atoms with van der Waals surface area (Å²) in [6, 6.07) is 6.06. The van der Waals surface area contributed by atoms with Crippen LogP contribution in [-0.2, 0) is 11.2 Å². The topological polar surface area (TPSA) is 75.4 Å². The molecule has 0 saturated heterocycles. The number of hydrogen-bond donors (Lipinski definition) is 3. The number of aromatic hydroxyl groups is 1. The number of hydrogen-bond acceptors (Lipinski definition) is 3. The zero-order valence-corrected chi connectivity index (χ0v) is 9.02. The molecule has 0 aliphatic rings. The van der Waals surface area contributed by atoms with Crippen molar-refractivity contribution < 1.29 is 9.90 Å². The summed E-state index contributed by atoms with van der Waals surface area (Å²) >= 11 is 0. The van der Waals surface area contributed by atoms with E-state index in [0.29, 0.717) is 13.0 Å². The summed E-state index contributed by atoms with van der Waals surface area (Å²) in [5.41, 5.74) is 6.64. The Balaban J connectivity index is 2.50. The van der Waals surface area contributed by atoms with Gasteiger partial charge in [0.25, 0.3) is 0 Å². The largest absolute Gasteiger partial charge is 0.508 e. The standard InChI is InChI=1S/C12H16N2O2/c1-2-7-14-12(16)11(13)8-9-3-5-10(15)6-4-9/h2-6,11,15H,1,7-8,13H2,(H,14,16)/t11-/m0/s1. The maximum absolute atomic E-state index is 11.4. The molecule has 0 aliphatic carbocycles. The van der Waals surface area contributed by atoms with Gasteiger partial charge in [0.2, 0.25) is 5.91 Å². The Morgan fingerprint density at radius 3 is 2.69 bits per heavy atom. The van der Waals surface area contributed by atoms with Gasteiger partial charge in [0.1, 0.15) is 5.75 Å². The van der Waals surface area contributed by atoms with Crippen molar-refractivity contribution >= 4 is 5.91 Å². The molecule has 1 amide bonds. The van der Waals surface area contributed by atoms with Gasteiger partial charge in [-0.15, -0.1) is 6.58 Å². The summed E-state index contributed by atoms with van der Waals surface area (Å²) in [5, 5.41) is 11.7. The van der Waals surface area contributed by atoms with Crippen molar-refractivity contribution in [3.05, 3.63) is 42.5 Å². The maximum Gasteiger partial charge on any atom is 0.237 e. The van der Waals surface area contributed by atoms with Crippen LogP contribution in [0.15, 0.2) is 36.9 Å². The Morgan fingerprint density at radius 2 is 2.12 bits per heavy atom. The van der Waals surface area contributed by atoms with Crippen LogP contribution in [0.3, 0.4) is 0 Å². The molecule has 0 fully saturated rings. The molecule has 0 bridgehead atoms. The first-order chi connectivity index (χ1) is 7.63. The third-order valence-corrected chi connectivity index (χ3v) is 2.15. The Labute approximate surface area is 94.8 Å². The number of benzene rings is 1. The van der Waals surface area contributed by atoms with E-state index in [1.54, 1.807) is 30.3 Å². The molecule has 0 spiro atoms. The number of nitrogens with one attached hydrogen (secondary N) is 1. The lowest BCUT2D eigenvalue weighted by Gasteiger charge is -2.11. The van der Waals surface area contributed by atoms with Crippen molar-refractivity contribution in [1.82, 2.24) is 5.32 Å². The molecule has 0 heterocycles. The van der Waals surface area contributed by atoms with Crippen molar-refractivity contribution in [2.24, 2.45) is 5.73 Å². The van der Waals surface area contributed by atoms with E-state index < -0.39 is 6.04 Å². The second-order valence-electron chi connectivity index (χ2n) is 3.51.